The van der Waals surface area contributed by atoms with Gasteiger partial charge in [0.25, 0.3) is 0 Å². The maximum atomic E-state index is 2.48. The molecule has 2 heteroatoms. The van der Waals surface area contributed by atoms with Crippen LogP contribution in [0.25, 0.3) is 44.2 Å². The van der Waals surface area contributed by atoms with Crippen molar-refractivity contribution in [3.8, 4) is 33.4 Å². The average molecular weight is 691 g/mol. The number of anilines is 5. The van der Waals surface area contributed by atoms with Gasteiger partial charge in [0, 0.05) is 34.4 Å². The Kier molecular flexibility index (Phi) is 8.00. The van der Waals surface area contributed by atoms with Gasteiger partial charge in [-0.2, -0.15) is 0 Å². The maximum absolute atomic E-state index is 2.48. The number of rotatable bonds is 7. The van der Waals surface area contributed by atoms with Crippen molar-refractivity contribution >= 4 is 39.2 Å². The van der Waals surface area contributed by atoms with E-state index in [1.165, 1.54) is 61.1 Å². The van der Waals surface area contributed by atoms with Crippen molar-refractivity contribution in [2.75, 3.05) is 9.80 Å². The van der Waals surface area contributed by atoms with Gasteiger partial charge in [0.05, 0.1) is 6.04 Å². The fraction of sp³-hybridized carbons (Fsp3) is 0.0385. The molecule has 256 valence electrons. The third-order valence-electron chi connectivity index (χ3n) is 11.0. The van der Waals surface area contributed by atoms with Crippen LogP contribution in [0.15, 0.2) is 218 Å². The molecule has 0 radical (unpaired) electrons. The predicted octanol–water partition coefficient (Wildman–Crippen LogP) is 14.0. The summed E-state index contributed by atoms with van der Waals surface area (Å²) in [5.74, 6) is 0.322. The molecule has 2 unspecified atom stereocenters. The largest absolute Gasteiger partial charge is 0.333 e. The van der Waals surface area contributed by atoms with E-state index in [1.54, 1.807) is 0 Å². The molecule has 0 amide bonds. The minimum Gasteiger partial charge on any atom is -0.333 e. The molecule has 2 atom stereocenters. The SMILES string of the molecule is C1=CC2c3cc(-c4ccc(N(c5ccccc5)c5ccc(-c6ccc(-c7cccc8ccccc78)cc6)cc5)cc4)ccc3N(c3ccccc3)C2C=C1. The van der Waals surface area contributed by atoms with Crippen molar-refractivity contribution in [1.82, 2.24) is 0 Å². The van der Waals surface area contributed by atoms with E-state index in [-0.39, 0.29) is 6.04 Å². The van der Waals surface area contributed by atoms with Crippen LogP contribution >= 0.6 is 0 Å². The Morgan fingerprint density at radius 1 is 0.407 bits per heavy atom. The Morgan fingerprint density at radius 2 is 0.944 bits per heavy atom. The molecule has 54 heavy (non-hydrogen) atoms. The van der Waals surface area contributed by atoms with Gasteiger partial charge in [-0.3, -0.25) is 0 Å². The van der Waals surface area contributed by atoms with Crippen molar-refractivity contribution in [1.29, 1.82) is 0 Å². The molecule has 10 rings (SSSR count). The molecule has 0 N–H and O–H groups in total. The van der Waals surface area contributed by atoms with E-state index in [9.17, 15) is 0 Å². The van der Waals surface area contributed by atoms with Gasteiger partial charge in [-0.05, 0) is 110 Å². The van der Waals surface area contributed by atoms with Crippen molar-refractivity contribution in [3.05, 3.63) is 224 Å². The summed E-state index contributed by atoms with van der Waals surface area (Å²) < 4.78 is 0. The first-order chi connectivity index (χ1) is 26.8. The van der Waals surface area contributed by atoms with Crippen LogP contribution in [0.5, 0.6) is 0 Å². The van der Waals surface area contributed by atoms with Crippen LogP contribution in [0.2, 0.25) is 0 Å². The summed E-state index contributed by atoms with van der Waals surface area (Å²) in [5.41, 5.74) is 14.6. The van der Waals surface area contributed by atoms with Crippen molar-refractivity contribution < 1.29 is 0 Å². The van der Waals surface area contributed by atoms with E-state index < -0.39 is 0 Å². The molecule has 2 aliphatic rings. The number of benzene rings is 8. The minimum atomic E-state index is 0.283. The van der Waals surface area contributed by atoms with E-state index in [0.717, 1.165) is 17.1 Å². The van der Waals surface area contributed by atoms with E-state index in [4.69, 9.17) is 0 Å². The highest BCUT2D eigenvalue weighted by molar-refractivity contribution is 5.97. The van der Waals surface area contributed by atoms with Gasteiger partial charge in [0.2, 0.25) is 0 Å². The van der Waals surface area contributed by atoms with Crippen molar-refractivity contribution in [2.24, 2.45) is 0 Å². The van der Waals surface area contributed by atoms with E-state index in [2.05, 4.69) is 228 Å². The summed E-state index contributed by atoms with van der Waals surface area (Å²) in [5, 5.41) is 2.54. The standard InChI is InChI=1S/C52H38N2/c1-3-14-43(15-4-1)53(45-31-26-38(27-32-45)37-22-24-41(25-23-37)48-20-11-13-40-12-7-8-18-47(40)48)46-33-28-39(29-34-46)42-30-35-52-50(36-42)49-19-9-10-21-51(49)54(52)44-16-5-2-6-17-44/h1-36,49,51H. The molecular formula is C52H38N2. The molecule has 8 aromatic carbocycles. The van der Waals surface area contributed by atoms with Gasteiger partial charge in [0.1, 0.15) is 0 Å². The van der Waals surface area contributed by atoms with Gasteiger partial charge in [0.15, 0.2) is 0 Å². The van der Waals surface area contributed by atoms with Gasteiger partial charge >= 0.3 is 0 Å². The summed E-state index contributed by atoms with van der Waals surface area (Å²) in [4.78, 5) is 4.82. The van der Waals surface area contributed by atoms with Gasteiger partial charge in [-0.25, -0.2) is 0 Å². The third-order valence-corrected chi connectivity index (χ3v) is 11.0. The molecule has 0 aromatic heterocycles. The zero-order valence-electron chi connectivity index (χ0n) is 29.8. The highest BCUT2D eigenvalue weighted by Gasteiger charge is 2.37. The number of hydrogen-bond acceptors (Lipinski definition) is 2. The normalized spacial score (nSPS) is 15.6. The Morgan fingerprint density at radius 3 is 1.67 bits per heavy atom. The van der Waals surface area contributed by atoms with Gasteiger partial charge in [-0.15, -0.1) is 0 Å². The lowest BCUT2D eigenvalue weighted by Gasteiger charge is -2.28. The Bertz CT molecular complexity index is 2630. The predicted molar refractivity (Wildman–Crippen MR) is 228 cm³/mol. The minimum absolute atomic E-state index is 0.283. The van der Waals surface area contributed by atoms with Gasteiger partial charge in [-0.1, -0.05) is 158 Å². The molecule has 1 aliphatic heterocycles. The molecule has 0 spiro atoms. The van der Waals surface area contributed by atoms with Crippen molar-refractivity contribution in [2.45, 2.75) is 12.0 Å². The molecule has 0 fully saturated rings. The number of allylic oxidation sites excluding steroid dienone is 2. The molecule has 1 aliphatic carbocycles. The number of fused-ring (bicyclic) bond motifs is 4. The fourth-order valence-corrected chi connectivity index (χ4v) is 8.36. The quantitative estimate of drug-likeness (QED) is 0.164. The van der Waals surface area contributed by atoms with Crippen LogP contribution in [0.1, 0.15) is 11.5 Å². The monoisotopic (exact) mass is 690 g/mol. The summed E-state index contributed by atoms with van der Waals surface area (Å²) in [6.45, 7) is 0. The Hall–Kier alpha value is -6.90. The average Bonchev–Trinajstić information content (AvgIpc) is 3.59. The first-order valence-electron chi connectivity index (χ1n) is 18.8. The number of hydrogen-bond donors (Lipinski definition) is 0. The molecule has 0 bridgehead atoms. The highest BCUT2D eigenvalue weighted by Crippen LogP contribution is 2.49. The smallest absolute Gasteiger partial charge is 0.0629 e. The molecule has 1 heterocycles. The zero-order chi connectivity index (χ0) is 35.8. The number of nitrogens with zero attached hydrogens (tertiary/aromatic N) is 2. The van der Waals surface area contributed by atoms with Crippen LogP contribution < -0.4 is 9.80 Å². The van der Waals surface area contributed by atoms with Crippen LogP contribution in [-0.2, 0) is 0 Å². The second kappa shape index (κ2) is 13.6. The van der Waals surface area contributed by atoms with Crippen LogP contribution in [0.3, 0.4) is 0 Å². The van der Waals surface area contributed by atoms with Crippen LogP contribution in [0, 0.1) is 0 Å². The second-order valence-electron chi connectivity index (χ2n) is 14.1. The molecule has 8 aromatic rings. The summed E-state index contributed by atoms with van der Waals surface area (Å²) >= 11 is 0. The topological polar surface area (TPSA) is 6.48 Å². The fourth-order valence-electron chi connectivity index (χ4n) is 8.36. The first-order valence-corrected chi connectivity index (χ1v) is 18.8. The van der Waals surface area contributed by atoms with Gasteiger partial charge < -0.3 is 9.80 Å². The summed E-state index contributed by atoms with van der Waals surface area (Å²) in [7, 11) is 0. The van der Waals surface area contributed by atoms with Crippen molar-refractivity contribution in [3.63, 3.8) is 0 Å². The van der Waals surface area contributed by atoms with E-state index in [0.29, 0.717) is 5.92 Å². The Balaban J connectivity index is 0.940. The van der Waals surface area contributed by atoms with Crippen LogP contribution in [-0.4, -0.2) is 6.04 Å². The summed E-state index contributed by atoms with van der Waals surface area (Å²) in [6.07, 6.45) is 9.05. The lowest BCUT2D eigenvalue weighted by molar-refractivity contribution is 0.745. The molecule has 2 nitrogen and oxygen atoms in total. The Labute approximate surface area is 317 Å². The first kappa shape index (κ1) is 31.8. The lowest BCUT2D eigenvalue weighted by atomic mass is 9.89. The number of para-hydroxylation sites is 2. The molecule has 0 saturated heterocycles. The maximum Gasteiger partial charge on any atom is 0.0629 e. The van der Waals surface area contributed by atoms with E-state index in [1.807, 2.05) is 0 Å². The third kappa shape index (κ3) is 5.70. The summed E-state index contributed by atoms with van der Waals surface area (Å²) in [6, 6.07) is 70.7. The van der Waals surface area contributed by atoms with Crippen LogP contribution in [0.4, 0.5) is 28.4 Å². The molecular weight excluding hydrogens is 653 g/mol. The second-order valence-corrected chi connectivity index (χ2v) is 14.1. The zero-order valence-corrected chi connectivity index (χ0v) is 29.8. The molecule has 0 saturated carbocycles. The highest BCUT2D eigenvalue weighted by atomic mass is 15.2. The lowest BCUT2D eigenvalue weighted by Crippen LogP contribution is -2.28. The van der Waals surface area contributed by atoms with E-state index >= 15 is 0 Å².